The van der Waals surface area contributed by atoms with Crippen LogP contribution in [0.25, 0.3) is 10.8 Å². The van der Waals surface area contributed by atoms with Gasteiger partial charge in [0.05, 0.1) is 16.4 Å². The molecule has 2 heterocycles. The lowest BCUT2D eigenvalue weighted by molar-refractivity contribution is -0.383. The van der Waals surface area contributed by atoms with Gasteiger partial charge in [-0.15, -0.1) is 10.2 Å². The predicted molar refractivity (Wildman–Crippen MR) is 74.6 cm³/mol. The molecule has 0 saturated carbocycles. The van der Waals surface area contributed by atoms with Crippen LogP contribution in [-0.2, 0) is 0 Å². The minimum Gasteiger partial charge on any atom is -0.375 e. The van der Waals surface area contributed by atoms with E-state index in [0.717, 1.165) is 11.1 Å². The van der Waals surface area contributed by atoms with E-state index >= 15 is 0 Å². The van der Waals surface area contributed by atoms with Crippen LogP contribution in [0.3, 0.4) is 0 Å². The second-order valence-corrected chi connectivity index (χ2v) is 4.45. The van der Waals surface area contributed by atoms with Crippen molar-refractivity contribution in [3.63, 3.8) is 0 Å². The first-order valence-electron chi connectivity index (χ1n) is 6.18. The average Bonchev–Trinajstić information content (AvgIpc) is 3.01. The van der Waals surface area contributed by atoms with Gasteiger partial charge in [-0.1, -0.05) is 5.21 Å². The first-order valence-corrected chi connectivity index (χ1v) is 6.18. The molecular weight excluding hydrogens is 274 g/mol. The molecule has 0 aliphatic heterocycles. The molecule has 3 rings (SSSR count). The number of pyridine rings is 1. The summed E-state index contributed by atoms with van der Waals surface area (Å²) in [5, 5.41) is 29.2. The standard InChI is InChI=1S/C12H11N7O2/c1-7(12-15-17-18-16-12)14-10-2-3-11(19(20)21)9-6-13-5-4-8(9)10/h2-7,14H,1H3,(H,15,16,17,18). The Morgan fingerprint density at radius 2 is 2.19 bits per heavy atom. The van der Waals surface area contributed by atoms with Crippen LogP contribution in [0.1, 0.15) is 18.8 Å². The minimum absolute atomic E-state index is 0.0239. The Bertz CT molecular complexity index is 787. The van der Waals surface area contributed by atoms with Crippen LogP contribution in [0.5, 0.6) is 0 Å². The number of non-ortho nitro benzene ring substituents is 1. The number of H-pyrrole nitrogens is 1. The van der Waals surface area contributed by atoms with Gasteiger partial charge in [-0.3, -0.25) is 15.1 Å². The van der Waals surface area contributed by atoms with E-state index in [1.165, 1.54) is 12.3 Å². The second kappa shape index (κ2) is 5.12. The normalized spacial score (nSPS) is 12.2. The molecule has 1 atom stereocenters. The maximum absolute atomic E-state index is 11.1. The van der Waals surface area contributed by atoms with E-state index < -0.39 is 4.92 Å². The number of nitro groups is 1. The van der Waals surface area contributed by atoms with Gasteiger partial charge < -0.3 is 5.32 Å². The summed E-state index contributed by atoms with van der Waals surface area (Å²) in [6.07, 6.45) is 3.08. The number of aromatic amines is 1. The molecule has 9 nitrogen and oxygen atoms in total. The monoisotopic (exact) mass is 285 g/mol. The molecule has 106 valence electrons. The van der Waals surface area contributed by atoms with Crippen LogP contribution in [0.4, 0.5) is 11.4 Å². The number of rotatable bonds is 4. The zero-order valence-electron chi connectivity index (χ0n) is 11.0. The van der Waals surface area contributed by atoms with Crippen molar-refractivity contribution in [2.45, 2.75) is 13.0 Å². The lowest BCUT2D eigenvalue weighted by Crippen LogP contribution is -2.09. The molecule has 9 heteroatoms. The van der Waals surface area contributed by atoms with Gasteiger partial charge in [-0.2, -0.15) is 5.21 Å². The number of benzene rings is 1. The molecule has 1 unspecified atom stereocenters. The Morgan fingerprint density at radius 1 is 1.33 bits per heavy atom. The number of aromatic nitrogens is 5. The van der Waals surface area contributed by atoms with Crippen molar-refractivity contribution in [2.24, 2.45) is 0 Å². The van der Waals surface area contributed by atoms with Crippen molar-refractivity contribution < 1.29 is 4.92 Å². The van der Waals surface area contributed by atoms with Gasteiger partial charge in [0.15, 0.2) is 5.82 Å². The molecule has 3 aromatic rings. The number of hydrogen-bond donors (Lipinski definition) is 2. The fraction of sp³-hybridized carbons (Fsp3) is 0.167. The number of fused-ring (bicyclic) bond motifs is 1. The van der Waals surface area contributed by atoms with Crippen LogP contribution in [0.2, 0.25) is 0 Å². The van der Waals surface area contributed by atoms with Crippen LogP contribution in [0.15, 0.2) is 30.6 Å². The van der Waals surface area contributed by atoms with Gasteiger partial charge in [0.2, 0.25) is 0 Å². The number of nitro benzene ring substituents is 1. The smallest absolute Gasteiger partial charge is 0.278 e. The summed E-state index contributed by atoms with van der Waals surface area (Å²) < 4.78 is 0. The third kappa shape index (κ3) is 2.36. The van der Waals surface area contributed by atoms with Gasteiger partial charge in [0.1, 0.15) is 0 Å². The first kappa shape index (κ1) is 12.9. The molecule has 0 aliphatic rings. The molecule has 0 fully saturated rings. The highest BCUT2D eigenvalue weighted by Gasteiger charge is 2.16. The Hall–Kier alpha value is -3.10. The van der Waals surface area contributed by atoms with Crippen LogP contribution >= 0.6 is 0 Å². The van der Waals surface area contributed by atoms with Crippen molar-refractivity contribution in [3.05, 3.63) is 46.5 Å². The Kier molecular flexibility index (Phi) is 3.14. The summed E-state index contributed by atoms with van der Waals surface area (Å²) in [7, 11) is 0. The zero-order chi connectivity index (χ0) is 14.8. The van der Waals surface area contributed by atoms with E-state index in [1.807, 2.05) is 6.92 Å². The number of hydrogen-bond acceptors (Lipinski definition) is 7. The quantitative estimate of drug-likeness (QED) is 0.553. The summed E-state index contributed by atoms with van der Waals surface area (Å²) in [6.45, 7) is 1.87. The van der Waals surface area contributed by atoms with E-state index in [0.29, 0.717) is 11.2 Å². The highest BCUT2D eigenvalue weighted by molar-refractivity contribution is 5.99. The molecule has 21 heavy (non-hydrogen) atoms. The van der Waals surface area contributed by atoms with Crippen molar-refractivity contribution in [1.82, 2.24) is 25.6 Å². The minimum atomic E-state index is -0.420. The Balaban J connectivity index is 2.04. The molecule has 0 saturated heterocycles. The highest BCUT2D eigenvalue weighted by atomic mass is 16.6. The van der Waals surface area contributed by atoms with Crippen molar-refractivity contribution in [1.29, 1.82) is 0 Å². The highest BCUT2D eigenvalue weighted by Crippen LogP contribution is 2.32. The summed E-state index contributed by atoms with van der Waals surface area (Å²) >= 11 is 0. The third-order valence-corrected chi connectivity index (χ3v) is 3.11. The molecule has 2 N–H and O–H groups in total. The van der Waals surface area contributed by atoms with Crippen LogP contribution in [-0.4, -0.2) is 30.5 Å². The lowest BCUT2D eigenvalue weighted by atomic mass is 10.1. The molecular formula is C12H11N7O2. The third-order valence-electron chi connectivity index (χ3n) is 3.11. The van der Waals surface area contributed by atoms with Crippen LogP contribution in [0, 0.1) is 10.1 Å². The second-order valence-electron chi connectivity index (χ2n) is 4.45. The van der Waals surface area contributed by atoms with E-state index in [-0.39, 0.29) is 11.7 Å². The van der Waals surface area contributed by atoms with Gasteiger partial charge in [0, 0.05) is 29.5 Å². The van der Waals surface area contributed by atoms with Gasteiger partial charge >= 0.3 is 0 Å². The lowest BCUT2D eigenvalue weighted by Gasteiger charge is -2.13. The Morgan fingerprint density at radius 3 is 2.90 bits per heavy atom. The van der Waals surface area contributed by atoms with Crippen molar-refractivity contribution >= 4 is 22.1 Å². The summed E-state index contributed by atoms with van der Waals surface area (Å²) in [6, 6.07) is 4.65. The number of nitrogens with one attached hydrogen (secondary N) is 2. The van der Waals surface area contributed by atoms with Gasteiger partial charge in [-0.25, -0.2) is 0 Å². The van der Waals surface area contributed by atoms with Crippen LogP contribution < -0.4 is 5.32 Å². The van der Waals surface area contributed by atoms with E-state index in [9.17, 15) is 10.1 Å². The average molecular weight is 285 g/mol. The predicted octanol–water partition coefficient (Wildman–Crippen LogP) is 1.83. The molecule has 0 amide bonds. The van der Waals surface area contributed by atoms with E-state index in [4.69, 9.17) is 0 Å². The number of tetrazole rings is 1. The van der Waals surface area contributed by atoms with Gasteiger partial charge in [0.25, 0.3) is 5.69 Å². The van der Waals surface area contributed by atoms with E-state index in [1.54, 1.807) is 18.3 Å². The summed E-state index contributed by atoms with van der Waals surface area (Å²) in [5.41, 5.74) is 0.770. The number of anilines is 1. The Labute approximate surface area is 118 Å². The SMILES string of the molecule is CC(Nc1ccc([N+](=O)[O-])c2cnccc12)c1nn[nH]n1. The first-order chi connectivity index (χ1) is 10.2. The fourth-order valence-corrected chi connectivity index (χ4v) is 2.11. The maximum Gasteiger partial charge on any atom is 0.278 e. The summed E-state index contributed by atoms with van der Waals surface area (Å²) in [4.78, 5) is 14.6. The molecule has 2 aromatic heterocycles. The zero-order valence-corrected chi connectivity index (χ0v) is 11.0. The topological polar surface area (TPSA) is 123 Å². The molecule has 0 aliphatic carbocycles. The summed E-state index contributed by atoms with van der Waals surface area (Å²) in [5.74, 6) is 0.510. The molecule has 0 bridgehead atoms. The number of nitrogens with zero attached hydrogens (tertiary/aromatic N) is 5. The molecule has 0 radical (unpaired) electrons. The largest absolute Gasteiger partial charge is 0.375 e. The molecule has 1 aromatic carbocycles. The fourth-order valence-electron chi connectivity index (χ4n) is 2.11. The van der Waals surface area contributed by atoms with Crippen molar-refractivity contribution in [2.75, 3.05) is 5.32 Å². The molecule has 0 spiro atoms. The van der Waals surface area contributed by atoms with Gasteiger partial charge in [-0.05, 0) is 19.1 Å². The van der Waals surface area contributed by atoms with E-state index in [2.05, 4.69) is 30.9 Å². The maximum atomic E-state index is 11.1. The van der Waals surface area contributed by atoms with Crippen molar-refractivity contribution in [3.8, 4) is 0 Å².